The van der Waals surface area contributed by atoms with Crippen molar-refractivity contribution >= 4 is 22.5 Å². The Morgan fingerprint density at radius 1 is 1.08 bits per heavy atom. The summed E-state index contributed by atoms with van der Waals surface area (Å²) in [6.45, 7) is 9.25. The Labute approximate surface area is 232 Å². The van der Waals surface area contributed by atoms with E-state index in [2.05, 4.69) is 51.2 Å². The van der Waals surface area contributed by atoms with Gasteiger partial charge in [0, 0.05) is 41.6 Å². The van der Waals surface area contributed by atoms with E-state index in [1.54, 1.807) is 6.20 Å². The zero-order valence-corrected chi connectivity index (χ0v) is 23.4. The molecule has 0 bridgehead atoms. The fourth-order valence-electron chi connectivity index (χ4n) is 4.79. The largest absolute Gasteiger partial charge is 0.322 e. The van der Waals surface area contributed by atoms with E-state index < -0.39 is 6.04 Å². The zero-order valence-electron chi connectivity index (χ0n) is 22.6. The van der Waals surface area contributed by atoms with Crippen LogP contribution < -0.4 is 5.56 Å². The maximum Gasteiger partial charge on any atom is 0.253 e. The van der Waals surface area contributed by atoms with Crippen molar-refractivity contribution in [2.75, 3.05) is 0 Å². The van der Waals surface area contributed by atoms with E-state index in [9.17, 15) is 4.79 Å². The maximum absolute atomic E-state index is 13.8. The van der Waals surface area contributed by atoms with E-state index >= 15 is 0 Å². The number of tetrazole rings is 1. The van der Waals surface area contributed by atoms with Crippen LogP contribution in [0.4, 0.5) is 0 Å². The minimum Gasteiger partial charge on any atom is -0.322 e. The molecule has 0 amide bonds. The number of nitrogens with one attached hydrogen (secondary N) is 1. The molecular formula is C30H32ClN7O. The van der Waals surface area contributed by atoms with Gasteiger partial charge in [-0.15, -0.1) is 5.10 Å². The third-order valence-corrected chi connectivity index (χ3v) is 7.68. The lowest BCUT2D eigenvalue weighted by molar-refractivity contribution is 0.180. The van der Waals surface area contributed by atoms with Crippen molar-refractivity contribution in [3.8, 4) is 0 Å². The molecule has 5 aromatic rings. The third-order valence-electron chi connectivity index (χ3n) is 7.31. The number of fused-ring (bicyclic) bond motifs is 1. The SMILES string of the molecule is CCC(C)(C)n1nnnc1[C@H](c1cc2ccc(C)cc2[nH]c1=O)N(Cc1cccnc1)Cc1ccccc1Cl. The number of benzene rings is 2. The van der Waals surface area contributed by atoms with Crippen molar-refractivity contribution in [3.63, 3.8) is 0 Å². The van der Waals surface area contributed by atoms with Crippen LogP contribution >= 0.6 is 11.6 Å². The summed E-state index contributed by atoms with van der Waals surface area (Å²) in [6, 6.07) is 19.1. The predicted molar refractivity (Wildman–Crippen MR) is 154 cm³/mol. The lowest BCUT2D eigenvalue weighted by Gasteiger charge is -2.33. The van der Waals surface area contributed by atoms with Gasteiger partial charge < -0.3 is 4.98 Å². The summed E-state index contributed by atoms with van der Waals surface area (Å²) in [5, 5.41) is 14.6. The number of pyridine rings is 2. The van der Waals surface area contributed by atoms with E-state index in [1.165, 1.54) is 0 Å². The molecule has 0 saturated heterocycles. The summed E-state index contributed by atoms with van der Waals surface area (Å²) in [5.74, 6) is 0.592. The fourth-order valence-corrected chi connectivity index (χ4v) is 4.98. The average Bonchev–Trinajstić information content (AvgIpc) is 3.41. The van der Waals surface area contributed by atoms with Gasteiger partial charge >= 0.3 is 0 Å². The number of aromatic amines is 1. The van der Waals surface area contributed by atoms with Gasteiger partial charge in [-0.2, -0.15) is 0 Å². The number of halogens is 1. The van der Waals surface area contributed by atoms with E-state index in [0.29, 0.717) is 29.5 Å². The topological polar surface area (TPSA) is 92.6 Å². The van der Waals surface area contributed by atoms with Crippen molar-refractivity contribution in [2.24, 2.45) is 0 Å². The molecule has 1 N–H and O–H groups in total. The Morgan fingerprint density at radius 3 is 2.64 bits per heavy atom. The number of hydrogen-bond donors (Lipinski definition) is 1. The van der Waals surface area contributed by atoms with E-state index in [0.717, 1.165) is 34.0 Å². The first-order valence-electron chi connectivity index (χ1n) is 13.1. The molecule has 3 heterocycles. The maximum atomic E-state index is 13.8. The molecule has 0 aliphatic carbocycles. The number of rotatable bonds is 9. The second-order valence-electron chi connectivity index (χ2n) is 10.5. The van der Waals surface area contributed by atoms with E-state index in [-0.39, 0.29) is 11.1 Å². The van der Waals surface area contributed by atoms with Crippen LogP contribution in [-0.2, 0) is 18.6 Å². The molecule has 8 nitrogen and oxygen atoms in total. The molecule has 0 radical (unpaired) electrons. The lowest BCUT2D eigenvalue weighted by atomic mass is 9.98. The Bertz CT molecular complexity index is 1640. The molecule has 0 aliphatic rings. The molecule has 1 atom stereocenters. The van der Waals surface area contributed by atoms with Crippen LogP contribution in [0, 0.1) is 6.92 Å². The second-order valence-corrected chi connectivity index (χ2v) is 10.9. The van der Waals surface area contributed by atoms with Gasteiger partial charge in [0.05, 0.1) is 5.54 Å². The van der Waals surface area contributed by atoms with Gasteiger partial charge in [-0.05, 0) is 84.0 Å². The van der Waals surface area contributed by atoms with Crippen LogP contribution in [0.1, 0.15) is 61.3 Å². The highest BCUT2D eigenvalue weighted by Gasteiger charge is 2.34. The Balaban J connectivity index is 1.75. The molecule has 0 saturated carbocycles. The van der Waals surface area contributed by atoms with Gasteiger partial charge in [0.25, 0.3) is 5.56 Å². The van der Waals surface area contributed by atoms with Gasteiger partial charge in [0.15, 0.2) is 5.82 Å². The van der Waals surface area contributed by atoms with Gasteiger partial charge in [0.1, 0.15) is 6.04 Å². The molecule has 0 unspecified atom stereocenters. The Hall–Kier alpha value is -3.88. The molecule has 0 spiro atoms. The lowest BCUT2D eigenvalue weighted by Crippen LogP contribution is -2.38. The summed E-state index contributed by atoms with van der Waals surface area (Å²) in [7, 11) is 0. The quantitative estimate of drug-likeness (QED) is 0.253. The van der Waals surface area contributed by atoms with Crippen LogP contribution in [-0.4, -0.2) is 35.1 Å². The van der Waals surface area contributed by atoms with Crippen LogP contribution in [0.3, 0.4) is 0 Å². The van der Waals surface area contributed by atoms with Gasteiger partial charge in [-0.25, -0.2) is 4.68 Å². The van der Waals surface area contributed by atoms with Crippen molar-refractivity contribution in [1.29, 1.82) is 0 Å². The highest BCUT2D eigenvalue weighted by molar-refractivity contribution is 6.31. The van der Waals surface area contributed by atoms with Crippen molar-refractivity contribution in [3.05, 3.63) is 117 Å². The molecule has 39 heavy (non-hydrogen) atoms. The number of aryl methyl sites for hydroxylation is 1. The number of H-pyrrole nitrogens is 1. The standard InChI is InChI=1S/C30H32ClN7O/c1-5-30(3,4)38-28(34-35-36-38)27(24-16-22-13-12-20(2)15-26(22)33-29(24)39)37(18-21-9-8-14-32-17-21)19-23-10-6-7-11-25(23)31/h6-17,27H,5,18-19H2,1-4H3,(H,33,39)/t27-/m0/s1. The first-order valence-corrected chi connectivity index (χ1v) is 13.4. The summed E-state index contributed by atoms with van der Waals surface area (Å²) < 4.78 is 1.85. The summed E-state index contributed by atoms with van der Waals surface area (Å²) in [6.07, 6.45) is 4.39. The highest BCUT2D eigenvalue weighted by atomic mass is 35.5. The van der Waals surface area contributed by atoms with Crippen molar-refractivity contribution in [2.45, 2.75) is 58.8 Å². The molecule has 3 aromatic heterocycles. The fraction of sp³-hybridized carbons (Fsp3) is 0.300. The summed E-state index contributed by atoms with van der Waals surface area (Å²) >= 11 is 6.64. The van der Waals surface area contributed by atoms with Crippen molar-refractivity contribution < 1.29 is 0 Å². The third kappa shape index (κ3) is 5.62. The van der Waals surface area contributed by atoms with Gasteiger partial charge in [-0.3, -0.25) is 14.7 Å². The molecular weight excluding hydrogens is 510 g/mol. The molecule has 200 valence electrons. The molecule has 2 aromatic carbocycles. The van der Waals surface area contributed by atoms with E-state index in [1.807, 2.05) is 78.5 Å². The minimum absolute atomic E-state index is 0.183. The minimum atomic E-state index is -0.572. The van der Waals surface area contributed by atoms with Crippen LogP contribution in [0.2, 0.25) is 5.02 Å². The van der Waals surface area contributed by atoms with Crippen LogP contribution in [0.15, 0.2) is 77.9 Å². The molecule has 0 fully saturated rings. The molecule has 9 heteroatoms. The zero-order chi connectivity index (χ0) is 27.6. The summed E-state index contributed by atoms with van der Waals surface area (Å²) in [4.78, 5) is 23.4. The van der Waals surface area contributed by atoms with Gasteiger partial charge in [-0.1, -0.05) is 54.9 Å². The van der Waals surface area contributed by atoms with E-state index in [4.69, 9.17) is 11.6 Å². The molecule has 0 aliphatic heterocycles. The molecule has 5 rings (SSSR count). The summed E-state index contributed by atoms with van der Waals surface area (Å²) in [5.41, 5.74) is 3.81. The normalized spacial score (nSPS) is 12.8. The second kappa shape index (κ2) is 11.1. The highest BCUT2D eigenvalue weighted by Crippen LogP contribution is 2.33. The Morgan fingerprint density at radius 2 is 1.90 bits per heavy atom. The van der Waals surface area contributed by atoms with Crippen molar-refractivity contribution in [1.82, 2.24) is 35.1 Å². The van der Waals surface area contributed by atoms with Crippen LogP contribution in [0.5, 0.6) is 0 Å². The smallest absolute Gasteiger partial charge is 0.253 e. The number of nitrogens with zero attached hydrogens (tertiary/aromatic N) is 6. The number of hydrogen-bond acceptors (Lipinski definition) is 6. The monoisotopic (exact) mass is 541 g/mol. The first kappa shape index (κ1) is 26.7. The Kier molecular flexibility index (Phi) is 7.59. The predicted octanol–water partition coefficient (Wildman–Crippen LogP) is 5.81. The van der Waals surface area contributed by atoms with Gasteiger partial charge in [0.2, 0.25) is 0 Å². The first-order chi connectivity index (χ1) is 18.8. The number of aromatic nitrogens is 6. The van der Waals surface area contributed by atoms with Crippen LogP contribution in [0.25, 0.3) is 10.9 Å². The average molecular weight is 542 g/mol.